The number of amides is 2. The summed E-state index contributed by atoms with van der Waals surface area (Å²) < 4.78 is 5.03. The van der Waals surface area contributed by atoms with Crippen molar-refractivity contribution in [3.63, 3.8) is 0 Å². The van der Waals surface area contributed by atoms with E-state index in [0.717, 1.165) is 0 Å². The summed E-state index contributed by atoms with van der Waals surface area (Å²) in [6.45, 7) is 0. The number of nitrogens with one attached hydrogen (secondary N) is 2. The van der Waals surface area contributed by atoms with Crippen LogP contribution in [-0.2, 0) is 11.2 Å². The number of anilines is 2. The summed E-state index contributed by atoms with van der Waals surface area (Å²) in [5, 5.41) is 16.0. The third kappa shape index (κ3) is 4.74. The molecular formula is C14H15N3O4S. The van der Waals surface area contributed by atoms with Gasteiger partial charge in [-0.2, -0.15) is 0 Å². The first-order valence-electron chi connectivity index (χ1n) is 6.45. The predicted molar refractivity (Wildman–Crippen MR) is 83.7 cm³/mol. The van der Waals surface area contributed by atoms with Gasteiger partial charge in [0.15, 0.2) is 5.13 Å². The minimum Gasteiger partial charge on any atom is -0.497 e. The van der Waals surface area contributed by atoms with Crippen LogP contribution < -0.4 is 15.4 Å². The Bertz CT molecular complexity index is 654. The van der Waals surface area contributed by atoms with Crippen molar-refractivity contribution in [2.45, 2.75) is 12.8 Å². The van der Waals surface area contributed by atoms with E-state index in [4.69, 9.17) is 9.84 Å². The van der Waals surface area contributed by atoms with Crippen LogP contribution in [0.2, 0.25) is 0 Å². The van der Waals surface area contributed by atoms with Crippen molar-refractivity contribution in [2.24, 2.45) is 0 Å². The van der Waals surface area contributed by atoms with Crippen LogP contribution >= 0.6 is 11.3 Å². The SMILES string of the molecule is COc1ccc(NC(=O)Nc2nc(CCC(=O)O)cs2)cc1. The number of hydrogen-bond donors (Lipinski definition) is 3. The van der Waals surface area contributed by atoms with Crippen molar-refractivity contribution < 1.29 is 19.4 Å². The highest BCUT2D eigenvalue weighted by atomic mass is 32.1. The fraction of sp³-hybridized carbons (Fsp3) is 0.214. The van der Waals surface area contributed by atoms with E-state index < -0.39 is 12.0 Å². The van der Waals surface area contributed by atoms with Gasteiger partial charge in [0, 0.05) is 17.5 Å². The smallest absolute Gasteiger partial charge is 0.325 e. The molecule has 0 saturated heterocycles. The molecule has 0 spiro atoms. The summed E-state index contributed by atoms with van der Waals surface area (Å²) in [6.07, 6.45) is 0.356. The van der Waals surface area contributed by atoms with Crippen molar-refractivity contribution in [2.75, 3.05) is 17.7 Å². The molecule has 0 saturated carbocycles. The number of carbonyl (C=O) groups is 2. The van der Waals surface area contributed by atoms with Crippen LogP contribution in [-0.4, -0.2) is 29.2 Å². The number of urea groups is 1. The maximum atomic E-state index is 11.8. The molecule has 8 heteroatoms. The number of carboxylic acid groups (broad SMARTS) is 1. The number of ether oxygens (including phenoxy) is 1. The summed E-state index contributed by atoms with van der Waals surface area (Å²) in [7, 11) is 1.57. The van der Waals surface area contributed by atoms with Gasteiger partial charge in [-0.05, 0) is 24.3 Å². The number of carbonyl (C=O) groups excluding carboxylic acids is 1. The second kappa shape index (κ2) is 7.41. The number of carboxylic acids is 1. The van der Waals surface area contributed by atoms with Crippen LogP contribution in [0.4, 0.5) is 15.6 Å². The molecule has 22 heavy (non-hydrogen) atoms. The van der Waals surface area contributed by atoms with E-state index in [9.17, 15) is 9.59 Å². The molecule has 1 aromatic heterocycles. The summed E-state index contributed by atoms with van der Waals surface area (Å²) >= 11 is 1.25. The summed E-state index contributed by atoms with van der Waals surface area (Å²) in [5.74, 6) is -0.172. The first kappa shape index (κ1) is 15.8. The van der Waals surface area contributed by atoms with Crippen LogP contribution in [0.1, 0.15) is 12.1 Å². The molecule has 0 atom stereocenters. The summed E-state index contributed by atoms with van der Waals surface area (Å²) in [6, 6.07) is 6.51. The Balaban J connectivity index is 1.87. The highest BCUT2D eigenvalue weighted by Gasteiger charge is 2.08. The molecule has 7 nitrogen and oxygen atoms in total. The van der Waals surface area contributed by atoms with Crippen LogP contribution in [0, 0.1) is 0 Å². The average Bonchev–Trinajstić information content (AvgIpc) is 2.93. The van der Waals surface area contributed by atoms with E-state index >= 15 is 0 Å². The molecule has 2 aromatic rings. The zero-order valence-corrected chi connectivity index (χ0v) is 12.6. The maximum Gasteiger partial charge on any atom is 0.325 e. The number of nitrogens with zero attached hydrogens (tertiary/aromatic N) is 1. The highest BCUT2D eigenvalue weighted by Crippen LogP contribution is 2.18. The Morgan fingerprint density at radius 2 is 2.00 bits per heavy atom. The predicted octanol–water partition coefficient (Wildman–Crippen LogP) is 2.81. The molecule has 0 aliphatic rings. The van der Waals surface area contributed by atoms with Crippen molar-refractivity contribution in [3.05, 3.63) is 35.3 Å². The van der Waals surface area contributed by atoms with Gasteiger partial charge in [-0.25, -0.2) is 9.78 Å². The minimum atomic E-state index is -0.875. The second-order valence-electron chi connectivity index (χ2n) is 4.35. The van der Waals surface area contributed by atoms with Crippen molar-refractivity contribution in [3.8, 4) is 5.75 Å². The molecule has 0 bridgehead atoms. The average molecular weight is 321 g/mol. The lowest BCUT2D eigenvalue weighted by Crippen LogP contribution is -2.19. The molecule has 1 aromatic carbocycles. The van der Waals surface area contributed by atoms with Gasteiger partial charge in [0.05, 0.1) is 19.2 Å². The number of thiazole rings is 1. The zero-order valence-electron chi connectivity index (χ0n) is 11.8. The normalized spacial score (nSPS) is 10.0. The highest BCUT2D eigenvalue weighted by molar-refractivity contribution is 7.13. The zero-order chi connectivity index (χ0) is 15.9. The van der Waals surface area contributed by atoms with Crippen LogP contribution in [0.3, 0.4) is 0 Å². The molecule has 0 unspecified atom stereocenters. The largest absolute Gasteiger partial charge is 0.497 e. The molecule has 116 valence electrons. The molecular weight excluding hydrogens is 306 g/mol. The molecule has 2 rings (SSSR count). The van der Waals surface area contributed by atoms with Gasteiger partial charge < -0.3 is 15.2 Å². The fourth-order valence-corrected chi connectivity index (χ4v) is 2.39. The van der Waals surface area contributed by atoms with E-state index in [1.807, 2.05) is 0 Å². The Hall–Kier alpha value is -2.61. The Morgan fingerprint density at radius 1 is 1.27 bits per heavy atom. The van der Waals surface area contributed by atoms with Gasteiger partial charge in [-0.15, -0.1) is 11.3 Å². The number of aryl methyl sites for hydroxylation is 1. The minimum absolute atomic E-state index is 0.0151. The Morgan fingerprint density at radius 3 is 2.64 bits per heavy atom. The van der Waals surface area contributed by atoms with E-state index in [-0.39, 0.29) is 6.42 Å². The van der Waals surface area contributed by atoms with Crippen molar-refractivity contribution in [1.82, 2.24) is 4.98 Å². The first-order valence-corrected chi connectivity index (χ1v) is 7.33. The molecule has 0 fully saturated rings. The number of hydrogen-bond acceptors (Lipinski definition) is 5. The summed E-state index contributed by atoms with van der Waals surface area (Å²) in [4.78, 5) is 26.5. The Kier molecular flexibility index (Phi) is 5.31. The molecule has 0 aliphatic carbocycles. The number of aromatic nitrogens is 1. The van der Waals surface area contributed by atoms with E-state index in [1.165, 1.54) is 11.3 Å². The second-order valence-corrected chi connectivity index (χ2v) is 5.20. The number of aliphatic carboxylic acids is 1. The van der Waals surface area contributed by atoms with Gasteiger partial charge in [-0.1, -0.05) is 0 Å². The molecule has 3 N–H and O–H groups in total. The van der Waals surface area contributed by atoms with E-state index in [0.29, 0.717) is 28.7 Å². The lowest BCUT2D eigenvalue weighted by atomic mass is 10.2. The lowest BCUT2D eigenvalue weighted by Gasteiger charge is -2.06. The monoisotopic (exact) mass is 321 g/mol. The number of rotatable bonds is 6. The summed E-state index contributed by atoms with van der Waals surface area (Å²) in [5.41, 5.74) is 1.27. The maximum absolute atomic E-state index is 11.8. The third-order valence-corrected chi connectivity index (χ3v) is 3.52. The third-order valence-electron chi connectivity index (χ3n) is 2.72. The standard InChI is InChI=1S/C14H15N3O4S/c1-21-11-5-2-9(3-6-11)15-13(20)17-14-16-10(8-22-14)4-7-12(18)19/h2-3,5-6,8H,4,7H2,1H3,(H,18,19)(H2,15,16,17,20). The lowest BCUT2D eigenvalue weighted by molar-refractivity contribution is -0.136. The topological polar surface area (TPSA) is 101 Å². The van der Waals surface area contributed by atoms with Crippen molar-refractivity contribution in [1.29, 1.82) is 0 Å². The van der Waals surface area contributed by atoms with Crippen molar-refractivity contribution >= 4 is 34.2 Å². The van der Waals surface area contributed by atoms with E-state index in [2.05, 4.69) is 15.6 Å². The Labute approximate surface area is 131 Å². The quantitative estimate of drug-likeness (QED) is 0.759. The van der Waals surface area contributed by atoms with Gasteiger partial charge in [0.25, 0.3) is 0 Å². The van der Waals surface area contributed by atoms with Gasteiger partial charge >= 0.3 is 12.0 Å². The van der Waals surface area contributed by atoms with Gasteiger partial charge in [0.2, 0.25) is 0 Å². The van der Waals surface area contributed by atoms with Gasteiger partial charge in [0.1, 0.15) is 5.75 Å². The van der Waals surface area contributed by atoms with Crippen LogP contribution in [0.15, 0.2) is 29.6 Å². The molecule has 0 radical (unpaired) electrons. The van der Waals surface area contributed by atoms with Crippen LogP contribution in [0.25, 0.3) is 0 Å². The first-order chi connectivity index (χ1) is 10.6. The molecule has 0 aliphatic heterocycles. The van der Waals surface area contributed by atoms with E-state index in [1.54, 1.807) is 36.8 Å². The number of methoxy groups -OCH3 is 1. The molecule has 2 amide bonds. The van der Waals surface area contributed by atoms with Gasteiger partial charge in [-0.3, -0.25) is 10.1 Å². The number of benzene rings is 1. The molecule has 1 heterocycles. The van der Waals surface area contributed by atoms with Crippen LogP contribution in [0.5, 0.6) is 5.75 Å². The fourth-order valence-electron chi connectivity index (χ4n) is 1.65.